The molecule has 0 aliphatic rings. The molecule has 1 heterocycles. The van der Waals surface area contributed by atoms with E-state index in [0.717, 1.165) is 24.5 Å². The molecule has 6 nitrogen and oxygen atoms in total. The normalized spacial score (nSPS) is 14.0. The van der Waals surface area contributed by atoms with Gasteiger partial charge in [0, 0.05) is 5.69 Å². The SMILES string of the molecule is CCOC(=O)C(NC(=O)c1ccco1)(Nc1cccc(C(F)(F)F)c1)C(F)(F)F. The van der Waals surface area contributed by atoms with E-state index in [-0.39, 0.29) is 0 Å². The van der Waals surface area contributed by atoms with Crippen molar-refractivity contribution in [3.05, 3.63) is 54.0 Å². The number of ether oxygens (including phenoxy) is 1. The summed E-state index contributed by atoms with van der Waals surface area (Å²) in [6.45, 7) is 0.731. The lowest BCUT2D eigenvalue weighted by Gasteiger charge is -2.35. The van der Waals surface area contributed by atoms with Crippen molar-refractivity contribution in [2.45, 2.75) is 24.9 Å². The quantitative estimate of drug-likeness (QED) is 0.417. The van der Waals surface area contributed by atoms with E-state index < -0.39 is 53.5 Å². The molecule has 0 bridgehead atoms. The number of halogens is 6. The van der Waals surface area contributed by atoms with Crippen molar-refractivity contribution >= 4 is 17.6 Å². The molecular formula is C17H14F6N2O4. The fourth-order valence-corrected chi connectivity index (χ4v) is 2.26. The van der Waals surface area contributed by atoms with Crippen LogP contribution in [-0.4, -0.2) is 30.3 Å². The third kappa shape index (κ3) is 4.81. The molecule has 0 saturated heterocycles. The number of amides is 1. The molecule has 1 atom stereocenters. The van der Waals surface area contributed by atoms with Gasteiger partial charge in [-0.1, -0.05) is 6.07 Å². The molecule has 2 rings (SSSR count). The summed E-state index contributed by atoms with van der Waals surface area (Å²) in [6, 6.07) is 4.95. The van der Waals surface area contributed by atoms with E-state index >= 15 is 0 Å². The van der Waals surface area contributed by atoms with E-state index in [1.54, 1.807) is 5.32 Å². The number of anilines is 1. The van der Waals surface area contributed by atoms with Gasteiger partial charge in [0.1, 0.15) is 0 Å². The Bertz CT molecular complexity index is 864. The molecule has 0 saturated carbocycles. The average Bonchev–Trinajstić information content (AvgIpc) is 3.14. The average molecular weight is 424 g/mol. The topological polar surface area (TPSA) is 80.6 Å². The number of hydrogen-bond acceptors (Lipinski definition) is 5. The number of hydrogen-bond donors (Lipinski definition) is 2. The van der Waals surface area contributed by atoms with E-state index in [9.17, 15) is 35.9 Å². The zero-order chi connectivity index (χ0) is 21.9. The minimum atomic E-state index is -5.50. The molecule has 2 N–H and O–H groups in total. The Morgan fingerprint density at radius 3 is 2.28 bits per heavy atom. The molecule has 29 heavy (non-hydrogen) atoms. The van der Waals surface area contributed by atoms with Crippen LogP contribution in [0.1, 0.15) is 23.0 Å². The van der Waals surface area contributed by atoms with Crippen molar-refractivity contribution < 1.29 is 45.1 Å². The summed E-state index contributed by atoms with van der Waals surface area (Å²) >= 11 is 0. The second kappa shape index (κ2) is 8.05. The van der Waals surface area contributed by atoms with Crippen molar-refractivity contribution in [3.8, 4) is 0 Å². The molecule has 158 valence electrons. The van der Waals surface area contributed by atoms with Gasteiger partial charge in [0.25, 0.3) is 5.91 Å². The van der Waals surface area contributed by atoms with Crippen LogP contribution in [0.25, 0.3) is 0 Å². The lowest BCUT2D eigenvalue weighted by molar-refractivity contribution is -0.204. The van der Waals surface area contributed by atoms with Gasteiger partial charge in [-0.3, -0.25) is 4.79 Å². The number of alkyl halides is 6. The summed E-state index contributed by atoms with van der Waals surface area (Å²) in [4.78, 5) is 24.4. The Morgan fingerprint density at radius 2 is 1.76 bits per heavy atom. The summed E-state index contributed by atoms with van der Waals surface area (Å²) in [6.07, 6.45) is -9.34. The van der Waals surface area contributed by atoms with Gasteiger partial charge in [-0.05, 0) is 37.3 Å². The first-order valence-electron chi connectivity index (χ1n) is 7.96. The van der Waals surface area contributed by atoms with E-state index in [0.29, 0.717) is 12.1 Å². The first-order chi connectivity index (χ1) is 13.4. The number of esters is 1. The van der Waals surface area contributed by atoms with Crippen molar-refractivity contribution in [2.24, 2.45) is 0 Å². The Kier molecular flexibility index (Phi) is 6.14. The highest BCUT2D eigenvalue weighted by atomic mass is 19.4. The standard InChI is InChI=1S/C17H14F6N2O4/c1-2-28-14(27)15(17(21,22)23,25-13(26)12-7-4-8-29-12)24-11-6-3-5-10(9-11)16(18,19)20/h3-9,24H,2H2,1H3,(H,25,26). The number of nitrogens with one attached hydrogen (secondary N) is 2. The summed E-state index contributed by atoms with van der Waals surface area (Å²) in [5.41, 5.74) is -5.87. The predicted octanol–water partition coefficient (Wildman–Crippen LogP) is 3.96. The molecule has 2 aromatic rings. The third-order valence-corrected chi connectivity index (χ3v) is 3.57. The number of benzene rings is 1. The van der Waals surface area contributed by atoms with Crippen LogP contribution >= 0.6 is 0 Å². The first kappa shape index (κ1) is 22.1. The van der Waals surface area contributed by atoms with Crippen molar-refractivity contribution in [2.75, 3.05) is 11.9 Å². The monoisotopic (exact) mass is 424 g/mol. The number of furan rings is 1. The van der Waals surface area contributed by atoms with Crippen LogP contribution in [0.2, 0.25) is 0 Å². The highest BCUT2D eigenvalue weighted by Crippen LogP contribution is 2.36. The molecule has 1 aromatic heterocycles. The molecule has 12 heteroatoms. The van der Waals surface area contributed by atoms with Crippen LogP contribution in [0, 0.1) is 0 Å². The summed E-state index contributed by atoms with van der Waals surface area (Å²) < 4.78 is 89.6. The highest BCUT2D eigenvalue weighted by Gasteiger charge is 2.64. The van der Waals surface area contributed by atoms with Crippen molar-refractivity contribution in [1.29, 1.82) is 0 Å². The Hall–Kier alpha value is -3.18. The van der Waals surface area contributed by atoms with Gasteiger partial charge in [-0.2, -0.15) is 26.3 Å². The summed E-state index contributed by atoms with van der Waals surface area (Å²) in [7, 11) is 0. The molecule has 1 aromatic carbocycles. The largest absolute Gasteiger partial charge is 0.463 e. The van der Waals surface area contributed by atoms with Gasteiger partial charge in [-0.15, -0.1) is 0 Å². The van der Waals surface area contributed by atoms with Gasteiger partial charge in [0.05, 0.1) is 18.4 Å². The van der Waals surface area contributed by atoms with Crippen LogP contribution in [0.3, 0.4) is 0 Å². The maximum Gasteiger partial charge on any atom is 0.441 e. The predicted molar refractivity (Wildman–Crippen MR) is 86.7 cm³/mol. The van der Waals surface area contributed by atoms with Crippen LogP contribution in [0.4, 0.5) is 32.0 Å². The van der Waals surface area contributed by atoms with E-state index in [1.807, 2.05) is 0 Å². The van der Waals surface area contributed by atoms with Crippen molar-refractivity contribution in [1.82, 2.24) is 5.32 Å². The zero-order valence-electron chi connectivity index (χ0n) is 14.6. The zero-order valence-corrected chi connectivity index (χ0v) is 14.6. The molecule has 0 aliphatic carbocycles. The number of carbonyl (C=O) groups is 2. The number of rotatable bonds is 6. The molecule has 0 fully saturated rings. The number of carbonyl (C=O) groups excluding carboxylic acids is 2. The van der Waals surface area contributed by atoms with Crippen LogP contribution in [0.15, 0.2) is 47.1 Å². The lowest BCUT2D eigenvalue weighted by Crippen LogP contribution is -2.69. The van der Waals surface area contributed by atoms with Gasteiger partial charge in [-0.25, -0.2) is 4.79 Å². The lowest BCUT2D eigenvalue weighted by atomic mass is 10.1. The second-order valence-corrected chi connectivity index (χ2v) is 5.60. The fraction of sp³-hybridized carbons (Fsp3) is 0.294. The third-order valence-electron chi connectivity index (χ3n) is 3.57. The minimum absolute atomic E-state index is 0.360. The molecule has 1 unspecified atom stereocenters. The maximum atomic E-state index is 13.9. The van der Waals surface area contributed by atoms with Gasteiger partial charge >= 0.3 is 24.0 Å². The van der Waals surface area contributed by atoms with E-state index in [2.05, 4.69) is 4.74 Å². The van der Waals surface area contributed by atoms with Gasteiger partial charge in [0.15, 0.2) is 5.76 Å². The second-order valence-electron chi connectivity index (χ2n) is 5.60. The summed E-state index contributed by atoms with van der Waals surface area (Å²) in [5, 5.41) is 3.09. The molecule has 0 radical (unpaired) electrons. The molecule has 0 spiro atoms. The van der Waals surface area contributed by atoms with E-state index in [1.165, 1.54) is 18.3 Å². The smallest absolute Gasteiger partial charge is 0.441 e. The highest BCUT2D eigenvalue weighted by molar-refractivity contribution is 5.97. The Morgan fingerprint density at radius 1 is 1.07 bits per heavy atom. The Balaban J connectivity index is 2.53. The molecule has 0 aliphatic heterocycles. The van der Waals surface area contributed by atoms with Crippen LogP contribution in [-0.2, 0) is 15.7 Å². The van der Waals surface area contributed by atoms with E-state index in [4.69, 9.17) is 4.42 Å². The first-order valence-corrected chi connectivity index (χ1v) is 7.96. The maximum absolute atomic E-state index is 13.9. The van der Waals surface area contributed by atoms with Crippen molar-refractivity contribution in [3.63, 3.8) is 0 Å². The molecule has 1 amide bonds. The Labute approximate surface area is 159 Å². The molecular weight excluding hydrogens is 410 g/mol. The minimum Gasteiger partial charge on any atom is -0.463 e. The summed E-state index contributed by atoms with van der Waals surface area (Å²) in [5.74, 6) is -3.97. The van der Waals surface area contributed by atoms with Crippen LogP contribution in [0.5, 0.6) is 0 Å². The van der Waals surface area contributed by atoms with Gasteiger partial charge < -0.3 is 19.8 Å². The van der Waals surface area contributed by atoms with Gasteiger partial charge in [0.2, 0.25) is 0 Å². The fourth-order valence-electron chi connectivity index (χ4n) is 2.26. The van der Waals surface area contributed by atoms with Crippen LogP contribution < -0.4 is 10.6 Å².